The molecule has 0 unspecified atom stereocenters. The van der Waals surface area contributed by atoms with Crippen molar-refractivity contribution in [1.82, 2.24) is 15.3 Å². The summed E-state index contributed by atoms with van der Waals surface area (Å²) in [6, 6.07) is 8.21. The molecule has 0 bridgehead atoms. The number of Topliss-reactive ketones (excluding diaryl/α,β-unsaturated/α-hetero) is 1. The number of aromatic nitrogens is 2. The molecular weight excluding hydrogens is 371 g/mol. The van der Waals surface area contributed by atoms with Gasteiger partial charge < -0.3 is 5.32 Å². The van der Waals surface area contributed by atoms with Crippen molar-refractivity contribution in [2.24, 2.45) is 0 Å². The number of nitrogens with zero attached hydrogens (tertiary/aromatic N) is 2. The number of carbonyl (C=O) groups is 2. The molecule has 0 aliphatic heterocycles. The zero-order valence-corrected chi connectivity index (χ0v) is 15.3. The summed E-state index contributed by atoms with van der Waals surface area (Å²) in [7, 11) is 0. The third-order valence-electron chi connectivity index (χ3n) is 5.22. The Morgan fingerprint density at radius 2 is 1.79 bits per heavy atom. The molecule has 1 aromatic heterocycles. The minimum Gasteiger partial charge on any atom is -0.341 e. The van der Waals surface area contributed by atoms with E-state index in [0.29, 0.717) is 12.2 Å². The van der Waals surface area contributed by atoms with Gasteiger partial charge in [-0.05, 0) is 30.9 Å². The van der Waals surface area contributed by atoms with Crippen LogP contribution in [0.4, 0.5) is 13.2 Å². The van der Waals surface area contributed by atoms with Gasteiger partial charge in [-0.15, -0.1) is 0 Å². The highest BCUT2D eigenvalue weighted by Gasteiger charge is 2.40. The van der Waals surface area contributed by atoms with Crippen molar-refractivity contribution in [3.8, 4) is 0 Å². The van der Waals surface area contributed by atoms with Crippen LogP contribution >= 0.6 is 0 Å². The highest BCUT2D eigenvalue weighted by molar-refractivity contribution is 5.99. The number of aryl methyl sites for hydroxylation is 1. The van der Waals surface area contributed by atoms with Gasteiger partial charge in [0, 0.05) is 24.2 Å². The molecule has 148 valence electrons. The molecule has 1 aliphatic rings. The summed E-state index contributed by atoms with van der Waals surface area (Å²) in [6.45, 7) is 1.32. The van der Waals surface area contributed by atoms with E-state index < -0.39 is 24.4 Å². The number of carbonyl (C=O) groups excluding carboxylic acids is 2. The monoisotopic (exact) mass is 391 g/mol. The van der Waals surface area contributed by atoms with Crippen LogP contribution in [0.3, 0.4) is 0 Å². The maximum Gasteiger partial charge on any atom is 0.471 e. The predicted molar refractivity (Wildman–Crippen MR) is 95.8 cm³/mol. The predicted octanol–water partition coefficient (Wildman–Crippen LogP) is 3.31. The molecule has 1 N–H and O–H groups in total. The Morgan fingerprint density at radius 3 is 2.32 bits per heavy atom. The Labute approximate surface area is 160 Å². The lowest BCUT2D eigenvalue weighted by Crippen LogP contribution is -2.39. The van der Waals surface area contributed by atoms with Gasteiger partial charge >= 0.3 is 12.1 Å². The number of alkyl halides is 3. The molecule has 3 rings (SSSR count). The lowest BCUT2D eigenvalue weighted by atomic mass is 9.61. The van der Waals surface area contributed by atoms with E-state index in [1.807, 2.05) is 12.1 Å². The van der Waals surface area contributed by atoms with E-state index in [1.165, 1.54) is 23.5 Å². The van der Waals surface area contributed by atoms with E-state index in [2.05, 4.69) is 29.0 Å². The Morgan fingerprint density at radius 1 is 1.14 bits per heavy atom. The standard InChI is InChI=1S/C20H20F3N3O2/c1-13-5-2-3-6-15(13)19(7-4-8-19)9-17-24-10-14(11-25-17)16(27)12-26-18(28)20(21,22)23/h2-3,5-6,10-11H,4,7-9,12H2,1H3,(H,26,28). The molecule has 0 radical (unpaired) electrons. The summed E-state index contributed by atoms with van der Waals surface area (Å²) >= 11 is 0. The molecule has 1 heterocycles. The number of rotatable bonds is 6. The first-order valence-corrected chi connectivity index (χ1v) is 8.96. The number of amides is 1. The maximum absolute atomic E-state index is 12.2. The van der Waals surface area contributed by atoms with Gasteiger partial charge in [-0.2, -0.15) is 13.2 Å². The number of hydrogen-bond acceptors (Lipinski definition) is 4. The van der Waals surface area contributed by atoms with E-state index in [0.717, 1.165) is 19.3 Å². The summed E-state index contributed by atoms with van der Waals surface area (Å²) in [4.78, 5) is 31.2. The molecule has 1 aliphatic carbocycles. The molecule has 0 spiro atoms. The van der Waals surface area contributed by atoms with Crippen molar-refractivity contribution in [1.29, 1.82) is 0 Å². The zero-order chi connectivity index (χ0) is 20.4. The lowest BCUT2D eigenvalue weighted by Gasteiger charge is -2.43. The Hall–Kier alpha value is -2.77. The summed E-state index contributed by atoms with van der Waals surface area (Å²) in [6.07, 6.45) is 1.41. The Balaban J connectivity index is 1.67. The third-order valence-corrected chi connectivity index (χ3v) is 5.22. The van der Waals surface area contributed by atoms with Crippen LogP contribution in [0.5, 0.6) is 0 Å². The number of halogens is 3. The third kappa shape index (κ3) is 4.21. The first-order valence-electron chi connectivity index (χ1n) is 8.96. The number of nitrogens with one attached hydrogen (secondary N) is 1. The van der Waals surface area contributed by atoms with Crippen molar-refractivity contribution in [2.75, 3.05) is 6.54 Å². The van der Waals surface area contributed by atoms with Crippen LogP contribution in [0.25, 0.3) is 0 Å². The minimum atomic E-state index is -5.02. The first-order chi connectivity index (χ1) is 13.2. The van der Waals surface area contributed by atoms with Crippen molar-refractivity contribution >= 4 is 11.7 Å². The average Bonchev–Trinajstić information content (AvgIpc) is 2.63. The average molecular weight is 391 g/mol. The smallest absolute Gasteiger partial charge is 0.341 e. The molecule has 5 nitrogen and oxygen atoms in total. The number of hydrogen-bond donors (Lipinski definition) is 1. The highest BCUT2D eigenvalue weighted by atomic mass is 19.4. The van der Waals surface area contributed by atoms with E-state index in [9.17, 15) is 22.8 Å². The van der Waals surface area contributed by atoms with E-state index in [-0.39, 0.29) is 11.0 Å². The maximum atomic E-state index is 12.2. The number of benzene rings is 1. The fraction of sp³-hybridized carbons (Fsp3) is 0.400. The van der Waals surface area contributed by atoms with Gasteiger partial charge in [-0.3, -0.25) is 9.59 Å². The highest BCUT2D eigenvalue weighted by Crippen LogP contribution is 2.46. The molecule has 1 aromatic carbocycles. The summed E-state index contributed by atoms with van der Waals surface area (Å²) in [5.74, 6) is -2.25. The van der Waals surface area contributed by atoms with Crippen LogP contribution in [-0.4, -0.2) is 34.4 Å². The molecule has 2 aromatic rings. The van der Waals surface area contributed by atoms with Gasteiger partial charge in [0.05, 0.1) is 12.1 Å². The lowest BCUT2D eigenvalue weighted by molar-refractivity contribution is -0.173. The van der Waals surface area contributed by atoms with E-state index in [1.54, 1.807) is 5.32 Å². The van der Waals surface area contributed by atoms with Crippen molar-refractivity contribution < 1.29 is 22.8 Å². The van der Waals surface area contributed by atoms with Crippen molar-refractivity contribution in [2.45, 2.75) is 44.2 Å². The van der Waals surface area contributed by atoms with Crippen molar-refractivity contribution in [3.05, 3.63) is 59.2 Å². The normalized spacial score (nSPS) is 15.6. The molecule has 0 atom stereocenters. The number of ketones is 1. The largest absolute Gasteiger partial charge is 0.471 e. The van der Waals surface area contributed by atoms with Crippen LogP contribution in [-0.2, 0) is 16.6 Å². The molecule has 0 saturated heterocycles. The second-order valence-corrected chi connectivity index (χ2v) is 7.12. The fourth-order valence-corrected chi connectivity index (χ4v) is 3.57. The molecule has 1 saturated carbocycles. The second kappa shape index (κ2) is 7.69. The molecule has 1 amide bonds. The summed E-state index contributed by atoms with van der Waals surface area (Å²) in [5.41, 5.74) is 2.54. The van der Waals surface area contributed by atoms with Gasteiger partial charge in [0.25, 0.3) is 0 Å². The van der Waals surface area contributed by atoms with Crippen LogP contribution in [0.15, 0.2) is 36.7 Å². The second-order valence-electron chi connectivity index (χ2n) is 7.12. The quantitative estimate of drug-likeness (QED) is 0.767. The van der Waals surface area contributed by atoms with Gasteiger partial charge in [0.2, 0.25) is 0 Å². The van der Waals surface area contributed by atoms with E-state index in [4.69, 9.17) is 0 Å². The minimum absolute atomic E-state index is 0.0163. The van der Waals surface area contributed by atoms with Gasteiger partial charge in [-0.1, -0.05) is 30.7 Å². The Kier molecular flexibility index (Phi) is 5.49. The Bertz CT molecular complexity index is 875. The van der Waals surface area contributed by atoms with Crippen LogP contribution in [0, 0.1) is 6.92 Å². The summed E-state index contributed by atoms with van der Waals surface area (Å²) in [5, 5.41) is 1.55. The van der Waals surface area contributed by atoms with Gasteiger partial charge in [0.1, 0.15) is 5.82 Å². The molecule has 28 heavy (non-hydrogen) atoms. The van der Waals surface area contributed by atoms with Crippen molar-refractivity contribution in [3.63, 3.8) is 0 Å². The first kappa shape index (κ1) is 20.0. The van der Waals surface area contributed by atoms with E-state index >= 15 is 0 Å². The van der Waals surface area contributed by atoms with Crippen LogP contribution in [0.2, 0.25) is 0 Å². The molecule has 8 heteroatoms. The zero-order valence-electron chi connectivity index (χ0n) is 15.3. The fourth-order valence-electron chi connectivity index (χ4n) is 3.57. The van der Waals surface area contributed by atoms with Gasteiger partial charge in [-0.25, -0.2) is 9.97 Å². The molecule has 1 fully saturated rings. The van der Waals surface area contributed by atoms with Gasteiger partial charge in [0.15, 0.2) is 5.78 Å². The SMILES string of the molecule is Cc1ccccc1C1(Cc2ncc(C(=O)CNC(=O)C(F)(F)F)cn2)CCC1. The van der Waals surface area contributed by atoms with Crippen LogP contribution in [0.1, 0.15) is 46.6 Å². The van der Waals surface area contributed by atoms with Crippen LogP contribution < -0.4 is 5.32 Å². The molecular formula is C20H20F3N3O2. The summed E-state index contributed by atoms with van der Waals surface area (Å²) < 4.78 is 36.5. The topological polar surface area (TPSA) is 72.0 Å².